The molecule has 0 aliphatic carbocycles. The highest BCUT2D eigenvalue weighted by Crippen LogP contribution is 2.28. The summed E-state index contributed by atoms with van der Waals surface area (Å²) in [5.41, 5.74) is 1.72. The smallest absolute Gasteiger partial charge is 0.128 e. The number of benzene rings is 1. The van der Waals surface area contributed by atoms with Crippen LogP contribution in [-0.4, -0.2) is 13.2 Å². The van der Waals surface area contributed by atoms with Crippen molar-refractivity contribution >= 4 is 0 Å². The molecule has 0 fully saturated rings. The first-order valence-electron chi connectivity index (χ1n) is 6.04. The predicted octanol–water partition coefficient (Wildman–Crippen LogP) is 3.09. The van der Waals surface area contributed by atoms with Gasteiger partial charge < -0.3 is 10.1 Å². The van der Waals surface area contributed by atoms with Crippen LogP contribution in [-0.2, 0) is 4.74 Å². The van der Waals surface area contributed by atoms with Crippen molar-refractivity contribution in [2.24, 2.45) is 0 Å². The van der Waals surface area contributed by atoms with Gasteiger partial charge in [-0.25, -0.2) is 4.39 Å². The molecule has 1 atom stereocenters. The first kappa shape index (κ1) is 12.1. The average molecular weight is 235 g/mol. The van der Waals surface area contributed by atoms with E-state index in [-0.39, 0.29) is 11.9 Å². The second kappa shape index (κ2) is 5.32. The maximum atomic E-state index is 13.9. The van der Waals surface area contributed by atoms with Crippen LogP contribution < -0.4 is 5.32 Å². The van der Waals surface area contributed by atoms with Crippen LogP contribution in [0.3, 0.4) is 0 Å². The van der Waals surface area contributed by atoms with Crippen molar-refractivity contribution in [2.45, 2.75) is 26.3 Å². The molecule has 92 valence electrons. The van der Waals surface area contributed by atoms with Gasteiger partial charge in [-0.2, -0.15) is 0 Å². The second-order valence-electron chi connectivity index (χ2n) is 4.26. The van der Waals surface area contributed by atoms with E-state index < -0.39 is 0 Å². The molecule has 1 N–H and O–H groups in total. The molecule has 0 saturated carbocycles. The molecule has 1 heterocycles. The third-order valence-electron chi connectivity index (χ3n) is 2.89. The largest absolute Gasteiger partial charge is 0.496 e. The van der Waals surface area contributed by atoms with Crippen molar-refractivity contribution in [2.75, 3.05) is 13.2 Å². The summed E-state index contributed by atoms with van der Waals surface area (Å²) >= 11 is 0. The Labute approximate surface area is 101 Å². The zero-order chi connectivity index (χ0) is 12.3. The highest BCUT2D eigenvalue weighted by molar-refractivity contribution is 5.31. The molecule has 1 aliphatic rings. The Morgan fingerprint density at radius 1 is 1.47 bits per heavy atom. The molecular weight excluding hydrogens is 217 g/mol. The van der Waals surface area contributed by atoms with Crippen molar-refractivity contribution < 1.29 is 9.13 Å². The lowest BCUT2D eigenvalue weighted by Crippen LogP contribution is -2.24. The monoisotopic (exact) mass is 235 g/mol. The molecule has 0 bridgehead atoms. The fourth-order valence-electron chi connectivity index (χ4n) is 2.09. The molecule has 0 amide bonds. The molecule has 0 saturated heterocycles. The van der Waals surface area contributed by atoms with Gasteiger partial charge in [0.25, 0.3) is 0 Å². The molecule has 0 spiro atoms. The van der Waals surface area contributed by atoms with Crippen LogP contribution in [0.5, 0.6) is 0 Å². The molecule has 3 heteroatoms. The number of nitrogens with one attached hydrogen (secondary N) is 1. The Morgan fingerprint density at radius 3 is 2.94 bits per heavy atom. The minimum atomic E-state index is -0.182. The quantitative estimate of drug-likeness (QED) is 0.866. The van der Waals surface area contributed by atoms with E-state index >= 15 is 0 Å². The first-order chi connectivity index (χ1) is 8.22. The first-order valence-corrected chi connectivity index (χ1v) is 6.04. The van der Waals surface area contributed by atoms with Crippen LogP contribution in [0.15, 0.2) is 30.0 Å². The Bertz CT molecular complexity index is 428. The number of likely N-dealkylation sites (N-methyl/N-ethyl adjacent to an activating group) is 1. The van der Waals surface area contributed by atoms with Crippen LogP contribution in [0.25, 0.3) is 0 Å². The SMILES string of the molecule is CCNC(C1=CCCO1)c1cc(C)ccc1F. The maximum Gasteiger partial charge on any atom is 0.128 e. The highest BCUT2D eigenvalue weighted by atomic mass is 19.1. The lowest BCUT2D eigenvalue weighted by atomic mass is 10.0. The molecule has 2 nitrogen and oxygen atoms in total. The standard InChI is InChI=1S/C14H18FNO/c1-3-16-14(13-5-4-8-17-13)11-9-10(2)6-7-12(11)15/h5-7,9,14,16H,3-4,8H2,1-2H3. The summed E-state index contributed by atoms with van der Waals surface area (Å²) in [6.07, 6.45) is 2.94. The predicted molar refractivity (Wildman–Crippen MR) is 66.2 cm³/mol. The molecule has 17 heavy (non-hydrogen) atoms. The summed E-state index contributed by atoms with van der Waals surface area (Å²) in [5.74, 6) is 0.661. The average Bonchev–Trinajstić information content (AvgIpc) is 2.83. The third kappa shape index (κ3) is 2.67. The van der Waals surface area contributed by atoms with Crippen molar-refractivity contribution in [3.8, 4) is 0 Å². The number of aryl methyl sites for hydroxylation is 1. The van der Waals surface area contributed by atoms with E-state index in [1.165, 1.54) is 6.07 Å². The second-order valence-corrected chi connectivity index (χ2v) is 4.26. The molecule has 2 rings (SSSR count). The van der Waals surface area contributed by atoms with Gasteiger partial charge in [0.1, 0.15) is 11.6 Å². The minimum absolute atomic E-state index is 0.164. The Kier molecular flexibility index (Phi) is 3.79. The van der Waals surface area contributed by atoms with Crippen molar-refractivity contribution in [1.29, 1.82) is 0 Å². The van der Waals surface area contributed by atoms with Crippen LogP contribution in [0.4, 0.5) is 4.39 Å². The van der Waals surface area contributed by atoms with E-state index in [1.54, 1.807) is 6.07 Å². The number of ether oxygens (including phenoxy) is 1. The van der Waals surface area contributed by atoms with E-state index in [4.69, 9.17) is 4.74 Å². The zero-order valence-corrected chi connectivity index (χ0v) is 10.3. The number of hydrogen-bond acceptors (Lipinski definition) is 2. The van der Waals surface area contributed by atoms with Crippen molar-refractivity contribution in [3.63, 3.8) is 0 Å². The number of rotatable bonds is 4. The van der Waals surface area contributed by atoms with Crippen LogP contribution in [0, 0.1) is 12.7 Å². The molecule has 1 aromatic carbocycles. The van der Waals surface area contributed by atoms with E-state index in [1.807, 2.05) is 26.0 Å². The number of hydrogen-bond donors (Lipinski definition) is 1. The summed E-state index contributed by atoms with van der Waals surface area (Å²) in [5, 5.41) is 3.28. The minimum Gasteiger partial charge on any atom is -0.496 e. The molecule has 0 aromatic heterocycles. The Hall–Kier alpha value is -1.35. The van der Waals surface area contributed by atoms with Crippen LogP contribution in [0.1, 0.15) is 30.5 Å². The normalized spacial score (nSPS) is 16.5. The van der Waals surface area contributed by atoms with Gasteiger partial charge in [-0.1, -0.05) is 24.6 Å². The fraction of sp³-hybridized carbons (Fsp3) is 0.429. The van der Waals surface area contributed by atoms with E-state index in [2.05, 4.69) is 5.32 Å². The third-order valence-corrected chi connectivity index (χ3v) is 2.89. The van der Waals surface area contributed by atoms with E-state index in [0.717, 1.165) is 24.3 Å². The highest BCUT2D eigenvalue weighted by Gasteiger charge is 2.22. The summed E-state index contributed by atoms with van der Waals surface area (Å²) < 4.78 is 19.4. The maximum absolute atomic E-state index is 13.9. The summed E-state index contributed by atoms with van der Waals surface area (Å²) in [7, 11) is 0. The van der Waals surface area contributed by atoms with E-state index in [0.29, 0.717) is 12.2 Å². The van der Waals surface area contributed by atoms with Gasteiger partial charge in [0.2, 0.25) is 0 Å². The molecule has 1 unspecified atom stereocenters. The van der Waals surface area contributed by atoms with E-state index in [9.17, 15) is 4.39 Å². The van der Waals surface area contributed by atoms with Crippen molar-refractivity contribution in [3.05, 3.63) is 47.0 Å². The van der Waals surface area contributed by atoms with Gasteiger partial charge in [0.15, 0.2) is 0 Å². The lowest BCUT2D eigenvalue weighted by molar-refractivity contribution is 0.214. The van der Waals surface area contributed by atoms with Gasteiger partial charge in [-0.05, 0) is 25.6 Å². The molecular formula is C14H18FNO. The van der Waals surface area contributed by atoms with Gasteiger partial charge in [0, 0.05) is 12.0 Å². The number of halogens is 1. The van der Waals surface area contributed by atoms with Gasteiger partial charge in [-0.15, -0.1) is 0 Å². The zero-order valence-electron chi connectivity index (χ0n) is 10.3. The Morgan fingerprint density at radius 2 is 2.29 bits per heavy atom. The summed E-state index contributed by atoms with van der Waals surface area (Å²) in [6.45, 7) is 5.45. The van der Waals surface area contributed by atoms with Crippen LogP contribution in [0.2, 0.25) is 0 Å². The van der Waals surface area contributed by atoms with Crippen LogP contribution >= 0.6 is 0 Å². The van der Waals surface area contributed by atoms with Gasteiger partial charge in [0.05, 0.1) is 12.6 Å². The summed E-state index contributed by atoms with van der Waals surface area (Å²) in [4.78, 5) is 0. The van der Waals surface area contributed by atoms with Gasteiger partial charge in [-0.3, -0.25) is 0 Å². The van der Waals surface area contributed by atoms with Gasteiger partial charge >= 0.3 is 0 Å². The fourth-order valence-corrected chi connectivity index (χ4v) is 2.09. The Balaban J connectivity index is 2.34. The molecule has 0 radical (unpaired) electrons. The summed E-state index contributed by atoms with van der Waals surface area (Å²) in [6, 6.07) is 5.02. The lowest BCUT2D eigenvalue weighted by Gasteiger charge is -2.20. The molecule has 1 aliphatic heterocycles. The topological polar surface area (TPSA) is 21.3 Å². The molecule has 1 aromatic rings. The van der Waals surface area contributed by atoms with Crippen molar-refractivity contribution in [1.82, 2.24) is 5.32 Å².